The van der Waals surface area contributed by atoms with Crippen molar-refractivity contribution in [3.8, 4) is 6.07 Å². The highest BCUT2D eigenvalue weighted by Gasteiger charge is 2.38. The standard InChI is InChI=1S/C14H17N3O2/c1-17(12-4-2-11(10-15)3-5-12)13(18)14(16)6-8-19-9-7-14/h2-5H,6-9,16H2,1H3. The highest BCUT2D eigenvalue weighted by molar-refractivity contribution is 5.99. The van der Waals surface area contributed by atoms with Crippen LogP contribution in [-0.2, 0) is 9.53 Å². The molecule has 0 unspecified atom stereocenters. The molecule has 19 heavy (non-hydrogen) atoms. The van der Waals surface area contributed by atoms with E-state index in [9.17, 15) is 4.79 Å². The fourth-order valence-corrected chi connectivity index (χ4v) is 2.16. The lowest BCUT2D eigenvalue weighted by Crippen LogP contribution is -2.57. The number of amides is 1. The number of carbonyl (C=O) groups is 1. The lowest BCUT2D eigenvalue weighted by molar-refractivity contribution is -0.126. The molecule has 1 aromatic rings. The molecular formula is C14H17N3O2. The Kier molecular flexibility index (Phi) is 3.84. The molecule has 1 aliphatic rings. The second-order valence-electron chi connectivity index (χ2n) is 4.79. The summed E-state index contributed by atoms with van der Waals surface area (Å²) in [6.45, 7) is 1.03. The topological polar surface area (TPSA) is 79.3 Å². The first-order valence-corrected chi connectivity index (χ1v) is 6.22. The Hall–Kier alpha value is -1.90. The number of rotatable bonds is 2. The third kappa shape index (κ3) is 2.75. The van der Waals surface area contributed by atoms with Crippen LogP contribution in [0.2, 0.25) is 0 Å². The molecule has 1 saturated heterocycles. The van der Waals surface area contributed by atoms with Crippen LogP contribution in [0.4, 0.5) is 5.69 Å². The van der Waals surface area contributed by atoms with Crippen molar-refractivity contribution in [3.05, 3.63) is 29.8 Å². The molecule has 2 rings (SSSR count). The van der Waals surface area contributed by atoms with Crippen LogP contribution in [0, 0.1) is 11.3 Å². The molecule has 100 valence electrons. The van der Waals surface area contributed by atoms with Gasteiger partial charge >= 0.3 is 0 Å². The van der Waals surface area contributed by atoms with Crippen molar-refractivity contribution < 1.29 is 9.53 Å². The van der Waals surface area contributed by atoms with Crippen molar-refractivity contribution in [2.45, 2.75) is 18.4 Å². The van der Waals surface area contributed by atoms with Crippen LogP contribution in [0.25, 0.3) is 0 Å². The third-order valence-corrected chi connectivity index (χ3v) is 3.50. The predicted molar refractivity (Wildman–Crippen MR) is 71.5 cm³/mol. The van der Waals surface area contributed by atoms with Crippen LogP contribution in [0.15, 0.2) is 24.3 Å². The van der Waals surface area contributed by atoms with Crippen LogP contribution in [-0.4, -0.2) is 31.7 Å². The molecule has 1 heterocycles. The van der Waals surface area contributed by atoms with E-state index in [1.54, 1.807) is 36.2 Å². The quantitative estimate of drug-likeness (QED) is 0.860. The Bertz CT molecular complexity index is 498. The van der Waals surface area contributed by atoms with Gasteiger partial charge < -0.3 is 15.4 Å². The van der Waals surface area contributed by atoms with E-state index >= 15 is 0 Å². The largest absolute Gasteiger partial charge is 0.381 e. The third-order valence-electron chi connectivity index (χ3n) is 3.50. The zero-order valence-electron chi connectivity index (χ0n) is 10.9. The van der Waals surface area contributed by atoms with E-state index in [1.807, 2.05) is 6.07 Å². The Labute approximate surface area is 112 Å². The monoisotopic (exact) mass is 259 g/mol. The molecule has 0 atom stereocenters. The van der Waals surface area contributed by atoms with Gasteiger partial charge in [-0.2, -0.15) is 5.26 Å². The van der Waals surface area contributed by atoms with Gasteiger partial charge in [0.1, 0.15) is 5.54 Å². The second-order valence-corrected chi connectivity index (χ2v) is 4.79. The van der Waals surface area contributed by atoms with Gasteiger partial charge in [-0.1, -0.05) is 0 Å². The van der Waals surface area contributed by atoms with Crippen molar-refractivity contribution in [3.63, 3.8) is 0 Å². The zero-order valence-corrected chi connectivity index (χ0v) is 10.9. The summed E-state index contributed by atoms with van der Waals surface area (Å²) in [5.74, 6) is -0.111. The minimum Gasteiger partial charge on any atom is -0.381 e. The van der Waals surface area contributed by atoms with Crippen molar-refractivity contribution >= 4 is 11.6 Å². The number of nitriles is 1. The fraction of sp³-hybridized carbons (Fsp3) is 0.429. The number of anilines is 1. The van der Waals surface area contributed by atoms with Crippen LogP contribution < -0.4 is 10.6 Å². The highest BCUT2D eigenvalue weighted by Crippen LogP contribution is 2.23. The van der Waals surface area contributed by atoms with E-state index in [-0.39, 0.29) is 5.91 Å². The van der Waals surface area contributed by atoms with E-state index in [4.69, 9.17) is 15.7 Å². The summed E-state index contributed by atoms with van der Waals surface area (Å²) in [6, 6.07) is 8.92. The molecule has 0 bridgehead atoms. The van der Waals surface area contributed by atoms with Gasteiger partial charge in [-0.25, -0.2) is 0 Å². The van der Waals surface area contributed by atoms with Gasteiger partial charge in [-0.15, -0.1) is 0 Å². The van der Waals surface area contributed by atoms with Gasteiger partial charge in [0.15, 0.2) is 0 Å². The molecule has 1 aromatic carbocycles. The molecule has 0 spiro atoms. The molecule has 0 aliphatic carbocycles. The summed E-state index contributed by atoms with van der Waals surface area (Å²) in [4.78, 5) is 14.0. The Balaban J connectivity index is 2.16. The minimum absolute atomic E-state index is 0.111. The van der Waals surface area contributed by atoms with Crippen LogP contribution in [0.1, 0.15) is 18.4 Å². The summed E-state index contributed by atoms with van der Waals surface area (Å²) in [7, 11) is 1.70. The van der Waals surface area contributed by atoms with Gasteiger partial charge in [0.2, 0.25) is 5.91 Å². The Morgan fingerprint density at radius 2 is 1.95 bits per heavy atom. The highest BCUT2D eigenvalue weighted by atomic mass is 16.5. The summed E-state index contributed by atoms with van der Waals surface area (Å²) >= 11 is 0. The fourth-order valence-electron chi connectivity index (χ4n) is 2.16. The zero-order chi connectivity index (χ0) is 13.9. The molecule has 0 saturated carbocycles. The second kappa shape index (κ2) is 5.39. The van der Waals surface area contributed by atoms with Crippen LogP contribution in [0.5, 0.6) is 0 Å². The Morgan fingerprint density at radius 1 is 1.37 bits per heavy atom. The summed E-state index contributed by atoms with van der Waals surface area (Å²) in [6.07, 6.45) is 1.07. The average molecular weight is 259 g/mol. The van der Waals surface area contributed by atoms with Gasteiger partial charge in [0, 0.05) is 25.9 Å². The van der Waals surface area contributed by atoms with E-state index < -0.39 is 5.54 Å². The maximum absolute atomic E-state index is 12.5. The lowest BCUT2D eigenvalue weighted by atomic mass is 9.89. The van der Waals surface area contributed by atoms with Crippen molar-refractivity contribution in [1.82, 2.24) is 0 Å². The first-order valence-electron chi connectivity index (χ1n) is 6.22. The van der Waals surface area contributed by atoms with E-state index in [1.165, 1.54) is 0 Å². The summed E-state index contributed by atoms with van der Waals surface area (Å²) in [5, 5.41) is 8.76. The average Bonchev–Trinajstić information content (AvgIpc) is 2.46. The maximum Gasteiger partial charge on any atom is 0.246 e. The number of hydrogen-bond acceptors (Lipinski definition) is 4. The Morgan fingerprint density at radius 3 is 2.47 bits per heavy atom. The maximum atomic E-state index is 12.5. The first kappa shape index (κ1) is 13.5. The molecule has 1 amide bonds. The summed E-state index contributed by atoms with van der Waals surface area (Å²) < 4.78 is 5.24. The molecule has 5 heteroatoms. The number of carbonyl (C=O) groups excluding carboxylic acids is 1. The van der Waals surface area contributed by atoms with E-state index in [2.05, 4.69) is 0 Å². The summed E-state index contributed by atoms with van der Waals surface area (Å²) in [5.41, 5.74) is 6.63. The van der Waals surface area contributed by atoms with E-state index in [0.717, 1.165) is 5.69 Å². The van der Waals surface area contributed by atoms with Gasteiger partial charge in [0.05, 0.1) is 11.6 Å². The van der Waals surface area contributed by atoms with E-state index in [0.29, 0.717) is 31.6 Å². The smallest absolute Gasteiger partial charge is 0.246 e. The first-order chi connectivity index (χ1) is 9.07. The van der Waals surface area contributed by atoms with Crippen molar-refractivity contribution in [1.29, 1.82) is 5.26 Å². The van der Waals surface area contributed by atoms with Gasteiger partial charge in [-0.05, 0) is 37.1 Å². The van der Waals surface area contributed by atoms with Crippen molar-refractivity contribution in [2.24, 2.45) is 5.73 Å². The number of likely N-dealkylation sites (N-methyl/N-ethyl adjacent to an activating group) is 1. The number of hydrogen-bond donors (Lipinski definition) is 1. The van der Waals surface area contributed by atoms with Gasteiger partial charge in [-0.3, -0.25) is 4.79 Å². The lowest BCUT2D eigenvalue weighted by Gasteiger charge is -2.35. The SMILES string of the molecule is CN(C(=O)C1(N)CCOCC1)c1ccc(C#N)cc1. The molecule has 2 N–H and O–H groups in total. The number of benzene rings is 1. The van der Waals surface area contributed by atoms with Gasteiger partial charge in [0.25, 0.3) is 0 Å². The normalized spacial score (nSPS) is 17.5. The number of nitrogens with zero attached hydrogens (tertiary/aromatic N) is 2. The number of ether oxygens (including phenoxy) is 1. The molecule has 0 radical (unpaired) electrons. The number of nitrogens with two attached hydrogens (primary N) is 1. The van der Waals surface area contributed by atoms with Crippen molar-refractivity contribution in [2.75, 3.05) is 25.2 Å². The molecule has 1 aliphatic heterocycles. The molecule has 1 fully saturated rings. The molecule has 5 nitrogen and oxygen atoms in total. The van der Waals surface area contributed by atoms with Crippen LogP contribution in [0.3, 0.4) is 0 Å². The van der Waals surface area contributed by atoms with Crippen LogP contribution >= 0.6 is 0 Å². The minimum atomic E-state index is -0.846. The molecular weight excluding hydrogens is 242 g/mol. The predicted octanol–water partition coefficient (Wildman–Crippen LogP) is 1.03. The molecule has 0 aromatic heterocycles.